The van der Waals surface area contributed by atoms with E-state index in [4.69, 9.17) is 0 Å². The van der Waals surface area contributed by atoms with Crippen LogP contribution in [0.1, 0.15) is 11.1 Å². The highest BCUT2D eigenvalue weighted by Crippen LogP contribution is 2.48. The number of nitriles is 2. The maximum absolute atomic E-state index is 10.9. The van der Waals surface area contributed by atoms with Crippen molar-refractivity contribution in [3.63, 3.8) is 0 Å². The van der Waals surface area contributed by atoms with Gasteiger partial charge in [-0.15, -0.1) is 22.7 Å². The Morgan fingerprint density at radius 3 is 1.55 bits per heavy atom. The zero-order chi connectivity index (χ0) is 28.2. The van der Waals surface area contributed by atoms with Crippen molar-refractivity contribution in [1.82, 2.24) is 0 Å². The number of fused-ring (bicyclic) bond motifs is 6. The smallest absolute Gasteiger partial charge is 0.100 e. The Kier molecular flexibility index (Phi) is 5.66. The van der Waals surface area contributed by atoms with Crippen molar-refractivity contribution in [2.75, 3.05) is 0 Å². The molecule has 2 aromatic heterocycles. The third-order valence-corrected chi connectivity index (χ3v) is 10.4. The number of rotatable bonds is 3. The molecule has 0 aliphatic heterocycles. The number of benzene rings is 6. The summed E-state index contributed by atoms with van der Waals surface area (Å²) in [5.74, 6) is 0. The second-order valence-corrected chi connectivity index (χ2v) is 12.4. The molecule has 0 spiro atoms. The molecule has 0 aliphatic rings. The van der Waals surface area contributed by atoms with Crippen molar-refractivity contribution in [2.24, 2.45) is 0 Å². The molecule has 0 N–H and O–H groups in total. The molecule has 0 unspecified atom stereocenters. The molecule has 194 valence electrons. The first-order valence-corrected chi connectivity index (χ1v) is 15.3. The van der Waals surface area contributed by atoms with Crippen LogP contribution in [-0.2, 0) is 0 Å². The van der Waals surface area contributed by atoms with Crippen molar-refractivity contribution in [3.05, 3.63) is 132 Å². The predicted octanol–water partition coefficient (Wildman–Crippen LogP) is 11.2. The van der Waals surface area contributed by atoms with Crippen LogP contribution in [0.15, 0.2) is 121 Å². The van der Waals surface area contributed by atoms with Gasteiger partial charge < -0.3 is 0 Å². The Labute approximate surface area is 250 Å². The predicted molar refractivity (Wildman–Crippen MR) is 178 cm³/mol. The second kappa shape index (κ2) is 9.68. The zero-order valence-electron chi connectivity index (χ0n) is 22.3. The SMILES string of the molecule is N#Cc1c(-c2ccccc2)cc(-c2cccc3c2sc2ccccc23)c(C#N)c1-c1cccc2c1sc1ccccc12. The number of thiophene rings is 2. The van der Waals surface area contributed by atoms with Crippen LogP contribution in [-0.4, -0.2) is 0 Å². The number of hydrogen-bond acceptors (Lipinski definition) is 4. The van der Waals surface area contributed by atoms with Crippen LogP contribution in [0.25, 0.3) is 73.7 Å². The van der Waals surface area contributed by atoms with E-state index in [1.807, 2.05) is 36.4 Å². The van der Waals surface area contributed by atoms with E-state index >= 15 is 0 Å². The molecule has 4 heteroatoms. The van der Waals surface area contributed by atoms with Gasteiger partial charge in [-0.3, -0.25) is 0 Å². The molecule has 0 amide bonds. The zero-order valence-corrected chi connectivity index (χ0v) is 23.9. The fourth-order valence-electron chi connectivity index (χ4n) is 6.15. The third kappa shape index (κ3) is 3.60. The molecular formula is C38H20N2S2. The Morgan fingerprint density at radius 1 is 0.429 bits per heavy atom. The highest BCUT2D eigenvalue weighted by atomic mass is 32.1. The molecule has 8 rings (SSSR count). The van der Waals surface area contributed by atoms with E-state index in [1.165, 1.54) is 25.6 Å². The molecule has 2 heterocycles. The van der Waals surface area contributed by atoms with Crippen molar-refractivity contribution >= 4 is 63.0 Å². The monoisotopic (exact) mass is 568 g/mol. The number of hydrogen-bond donors (Lipinski definition) is 0. The van der Waals surface area contributed by atoms with Crippen LogP contribution in [0.3, 0.4) is 0 Å². The van der Waals surface area contributed by atoms with E-state index in [2.05, 4.69) is 97.1 Å². The summed E-state index contributed by atoms with van der Waals surface area (Å²) in [4.78, 5) is 0. The molecule has 0 radical (unpaired) electrons. The maximum Gasteiger partial charge on any atom is 0.100 e. The fourth-order valence-corrected chi connectivity index (χ4v) is 8.60. The number of nitrogens with zero attached hydrogens (tertiary/aromatic N) is 2. The summed E-state index contributed by atoms with van der Waals surface area (Å²) in [6, 6.07) is 46.6. The lowest BCUT2D eigenvalue weighted by Crippen LogP contribution is -1.98. The normalized spacial score (nSPS) is 11.3. The summed E-state index contributed by atoms with van der Waals surface area (Å²) in [5, 5.41) is 26.3. The van der Waals surface area contributed by atoms with Gasteiger partial charge in [-0.25, -0.2) is 0 Å². The Hall–Kier alpha value is -5.26. The average molecular weight is 569 g/mol. The summed E-state index contributed by atoms with van der Waals surface area (Å²) >= 11 is 3.46. The lowest BCUT2D eigenvalue weighted by Gasteiger charge is -2.18. The average Bonchev–Trinajstić information content (AvgIpc) is 3.63. The van der Waals surface area contributed by atoms with E-state index in [0.29, 0.717) is 16.7 Å². The van der Waals surface area contributed by atoms with Crippen LogP contribution in [0.4, 0.5) is 0 Å². The molecule has 8 aromatic rings. The van der Waals surface area contributed by atoms with E-state index in [0.717, 1.165) is 42.6 Å². The lowest BCUT2D eigenvalue weighted by molar-refractivity contribution is 1.44. The molecule has 42 heavy (non-hydrogen) atoms. The minimum absolute atomic E-state index is 0.523. The molecule has 6 aromatic carbocycles. The van der Waals surface area contributed by atoms with Gasteiger partial charge in [-0.05, 0) is 23.8 Å². The van der Waals surface area contributed by atoms with Gasteiger partial charge in [-0.1, -0.05) is 103 Å². The van der Waals surface area contributed by atoms with Gasteiger partial charge in [0.1, 0.15) is 12.1 Å². The second-order valence-electron chi connectivity index (χ2n) is 10.2. The molecule has 0 saturated heterocycles. The van der Waals surface area contributed by atoms with Crippen molar-refractivity contribution < 1.29 is 0 Å². The van der Waals surface area contributed by atoms with Crippen LogP contribution in [0.5, 0.6) is 0 Å². The standard InChI is InChI=1S/C38H20N2S2/c39-21-32-30(23-10-2-1-3-11-23)20-31(28-16-8-14-26-24-12-4-6-18-34(24)41-37(26)28)33(22-40)36(32)29-17-9-15-27-25-13-5-7-19-35(25)42-38(27)29/h1-20H. The highest BCUT2D eigenvalue weighted by molar-refractivity contribution is 7.26. The molecule has 0 saturated carbocycles. The molecule has 0 fully saturated rings. The van der Waals surface area contributed by atoms with Gasteiger partial charge in [0.05, 0.1) is 11.1 Å². The van der Waals surface area contributed by atoms with Gasteiger partial charge in [0.25, 0.3) is 0 Å². The van der Waals surface area contributed by atoms with Gasteiger partial charge in [0.2, 0.25) is 0 Å². The van der Waals surface area contributed by atoms with Crippen molar-refractivity contribution in [2.45, 2.75) is 0 Å². The van der Waals surface area contributed by atoms with Crippen molar-refractivity contribution in [3.8, 4) is 45.5 Å². The first kappa shape index (κ1) is 24.5. The van der Waals surface area contributed by atoms with Crippen LogP contribution >= 0.6 is 22.7 Å². The largest absolute Gasteiger partial charge is 0.192 e. The van der Waals surface area contributed by atoms with Crippen LogP contribution < -0.4 is 0 Å². The van der Waals surface area contributed by atoms with Gasteiger partial charge >= 0.3 is 0 Å². The van der Waals surface area contributed by atoms with E-state index in [1.54, 1.807) is 22.7 Å². The summed E-state index contributed by atoms with van der Waals surface area (Å²) in [6.45, 7) is 0. The minimum atomic E-state index is 0.523. The lowest BCUT2D eigenvalue weighted by atomic mass is 9.83. The summed E-state index contributed by atoms with van der Waals surface area (Å²) in [6.07, 6.45) is 0. The summed E-state index contributed by atoms with van der Waals surface area (Å²) in [7, 11) is 0. The van der Waals surface area contributed by atoms with Crippen molar-refractivity contribution in [1.29, 1.82) is 10.5 Å². The summed E-state index contributed by atoms with van der Waals surface area (Å²) < 4.78 is 4.63. The fraction of sp³-hybridized carbons (Fsp3) is 0. The first-order chi connectivity index (χ1) is 20.8. The maximum atomic E-state index is 10.9. The van der Waals surface area contributed by atoms with Crippen LogP contribution in [0.2, 0.25) is 0 Å². The first-order valence-electron chi connectivity index (χ1n) is 13.6. The summed E-state index contributed by atoms with van der Waals surface area (Å²) in [5.41, 5.74) is 6.32. The topological polar surface area (TPSA) is 47.6 Å². The van der Waals surface area contributed by atoms with E-state index in [9.17, 15) is 10.5 Å². The molecule has 2 nitrogen and oxygen atoms in total. The van der Waals surface area contributed by atoms with Crippen LogP contribution in [0, 0.1) is 22.7 Å². The highest BCUT2D eigenvalue weighted by Gasteiger charge is 2.25. The molecule has 0 atom stereocenters. The minimum Gasteiger partial charge on any atom is -0.192 e. The van der Waals surface area contributed by atoms with Gasteiger partial charge in [0, 0.05) is 68.2 Å². The Balaban J connectivity index is 1.54. The molecule has 0 aliphatic carbocycles. The Morgan fingerprint density at radius 2 is 0.929 bits per heavy atom. The molecular weight excluding hydrogens is 549 g/mol. The van der Waals surface area contributed by atoms with Gasteiger partial charge in [0.15, 0.2) is 0 Å². The quantitative estimate of drug-likeness (QED) is 0.213. The molecule has 0 bridgehead atoms. The van der Waals surface area contributed by atoms with Gasteiger partial charge in [-0.2, -0.15) is 10.5 Å². The third-order valence-electron chi connectivity index (χ3n) is 8.00. The van der Waals surface area contributed by atoms with E-state index < -0.39 is 0 Å². The van der Waals surface area contributed by atoms with E-state index in [-0.39, 0.29) is 0 Å². The Bertz CT molecular complexity index is 2430.